The average Bonchev–Trinajstić information content (AvgIpc) is 2.15. The molecule has 0 saturated heterocycles. The Hall–Kier alpha value is -1.03. The first-order valence-electron chi connectivity index (χ1n) is 3.52. The van der Waals surface area contributed by atoms with Gasteiger partial charge in [0.05, 0.1) is 6.54 Å². The third-order valence-corrected chi connectivity index (χ3v) is 2.48. The van der Waals surface area contributed by atoms with E-state index in [0.29, 0.717) is 0 Å². The zero-order valence-electron chi connectivity index (χ0n) is 7.41. The maximum absolute atomic E-state index is 12.2. The summed E-state index contributed by atoms with van der Waals surface area (Å²) in [6, 6.07) is 0. The number of hydrogen-bond acceptors (Lipinski definition) is 3. The van der Waals surface area contributed by atoms with Crippen LogP contribution < -0.4 is 5.32 Å². The second-order valence-electron chi connectivity index (χ2n) is 2.39. The lowest BCUT2D eigenvalue weighted by atomic mass is 10.6. The molecule has 0 bridgehead atoms. The molecule has 0 aromatic rings. The van der Waals surface area contributed by atoms with Crippen LogP contribution in [0.5, 0.6) is 0 Å². The molecule has 0 aliphatic carbocycles. The standard InChI is InChI=1S/C6H5F6NO2S/c7-3(4(8)9)1-13-2-16(14,15)6(12)5(10)11/h13H,1-2H2. The van der Waals surface area contributed by atoms with Crippen molar-refractivity contribution in [3.8, 4) is 0 Å². The molecule has 3 nitrogen and oxygen atoms in total. The van der Waals surface area contributed by atoms with E-state index in [1.807, 2.05) is 0 Å². The van der Waals surface area contributed by atoms with Crippen molar-refractivity contribution in [2.24, 2.45) is 0 Å². The largest absolute Gasteiger partial charge is 0.317 e. The molecule has 10 heteroatoms. The van der Waals surface area contributed by atoms with Gasteiger partial charge in [0.25, 0.3) is 5.16 Å². The van der Waals surface area contributed by atoms with E-state index in [-0.39, 0.29) is 0 Å². The fourth-order valence-electron chi connectivity index (χ4n) is 0.543. The van der Waals surface area contributed by atoms with Gasteiger partial charge in [-0.3, -0.25) is 5.32 Å². The Labute approximate surface area is 86.4 Å². The minimum Gasteiger partial charge on any atom is -0.297 e. The highest BCUT2D eigenvalue weighted by Gasteiger charge is 2.23. The van der Waals surface area contributed by atoms with Crippen LogP contribution in [0.25, 0.3) is 0 Å². The van der Waals surface area contributed by atoms with Gasteiger partial charge in [-0.05, 0) is 0 Å². The number of halogens is 6. The summed E-state index contributed by atoms with van der Waals surface area (Å²) in [7, 11) is -4.96. The number of rotatable bonds is 5. The van der Waals surface area contributed by atoms with Crippen molar-refractivity contribution in [3.63, 3.8) is 0 Å². The van der Waals surface area contributed by atoms with Crippen LogP contribution in [0.2, 0.25) is 0 Å². The highest BCUT2D eigenvalue weighted by atomic mass is 32.2. The molecular formula is C6H5F6NO2S. The van der Waals surface area contributed by atoms with Crippen molar-refractivity contribution < 1.29 is 34.8 Å². The second-order valence-corrected chi connectivity index (χ2v) is 4.26. The first-order valence-corrected chi connectivity index (χ1v) is 5.17. The molecule has 0 atom stereocenters. The van der Waals surface area contributed by atoms with Gasteiger partial charge in [-0.2, -0.15) is 22.0 Å². The molecule has 0 unspecified atom stereocenters. The Kier molecular flexibility index (Phi) is 5.51. The summed E-state index contributed by atoms with van der Waals surface area (Å²) >= 11 is 0. The van der Waals surface area contributed by atoms with E-state index in [1.165, 1.54) is 5.32 Å². The summed E-state index contributed by atoms with van der Waals surface area (Å²) in [5.41, 5.74) is 0. The molecule has 0 spiro atoms. The number of nitrogens with one attached hydrogen (secondary N) is 1. The molecule has 0 rings (SSSR count). The molecule has 0 amide bonds. The first kappa shape index (κ1) is 15.0. The van der Waals surface area contributed by atoms with Gasteiger partial charge in [0.1, 0.15) is 5.88 Å². The highest BCUT2D eigenvalue weighted by molar-refractivity contribution is 7.94. The SMILES string of the molecule is O=S(=O)(CNCC(F)=C(F)F)C(F)=C(F)F. The van der Waals surface area contributed by atoms with Gasteiger partial charge in [0.15, 0.2) is 5.83 Å². The van der Waals surface area contributed by atoms with Crippen molar-refractivity contribution in [2.75, 3.05) is 12.4 Å². The molecule has 0 aromatic carbocycles. The fraction of sp³-hybridized carbons (Fsp3) is 0.333. The molecule has 0 heterocycles. The lowest BCUT2D eigenvalue weighted by Gasteiger charge is -2.02. The van der Waals surface area contributed by atoms with E-state index >= 15 is 0 Å². The zero-order chi connectivity index (χ0) is 12.9. The van der Waals surface area contributed by atoms with Crippen LogP contribution >= 0.6 is 0 Å². The van der Waals surface area contributed by atoms with Gasteiger partial charge < -0.3 is 0 Å². The molecule has 16 heavy (non-hydrogen) atoms. The van der Waals surface area contributed by atoms with Crippen LogP contribution in [-0.2, 0) is 9.84 Å². The maximum Gasteiger partial charge on any atom is 0.317 e. The van der Waals surface area contributed by atoms with Crippen LogP contribution in [0.3, 0.4) is 0 Å². The minimum atomic E-state index is -4.96. The van der Waals surface area contributed by atoms with Crippen LogP contribution in [0.4, 0.5) is 26.3 Å². The van der Waals surface area contributed by atoms with E-state index in [0.717, 1.165) is 0 Å². The predicted molar refractivity (Wildman–Crippen MR) is 42.5 cm³/mol. The molecule has 0 aliphatic heterocycles. The molecule has 1 N–H and O–H groups in total. The van der Waals surface area contributed by atoms with Gasteiger partial charge in [-0.15, -0.1) is 0 Å². The Morgan fingerprint density at radius 3 is 1.81 bits per heavy atom. The quantitative estimate of drug-likeness (QED) is 0.777. The molecular weight excluding hydrogens is 264 g/mol. The predicted octanol–water partition coefficient (Wildman–Crippen LogP) is 2.06. The van der Waals surface area contributed by atoms with Gasteiger partial charge in [-0.1, -0.05) is 0 Å². The number of hydrogen-bond donors (Lipinski definition) is 1. The van der Waals surface area contributed by atoms with Crippen LogP contribution in [0.1, 0.15) is 0 Å². The summed E-state index contributed by atoms with van der Waals surface area (Å²) in [6.45, 7) is -1.21. The van der Waals surface area contributed by atoms with Gasteiger partial charge in [-0.25, -0.2) is 12.8 Å². The van der Waals surface area contributed by atoms with E-state index < -0.39 is 45.4 Å². The van der Waals surface area contributed by atoms with E-state index in [4.69, 9.17) is 0 Å². The fourth-order valence-corrected chi connectivity index (χ4v) is 1.28. The van der Waals surface area contributed by atoms with Crippen molar-refractivity contribution in [2.45, 2.75) is 0 Å². The smallest absolute Gasteiger partial charge is 0.297 e. The second kappa shape index (κ2) is 5.89. The Morgan fingerprint density at radius 2 is 1.44 bits per heavy atom. The van der Waals surface area contributed by atoms with E-state index in [1.54, 1.807) is 0 Å². The topological polar surface area (TPSA) is 46.2 Å². The molecule has 0 aliphatic rings. The van der Waals surface area contributed by atoms with Crippen molar-refractivity contribution >= 4 is 9.84 Å². The minimum absolute atomic E-state index is 1.21. The van der Waals surface area contributed by atoms with Gasteiger partial charge in [0, 0.05) is 0 Å². The van der Waals surface area contributed by atoms with Crippen molar-refractivity contribution in [3.05, 3.63) is 23.1 Å². The van der Waals surface area contributed by atoms with Crippen molar-refractivity contribution in [1.82, 2.24) is 5.32 Å². The summed E-state index contributed by atoms with van der Waals surface area (Å²) in [5.74, 6) is -3.38. The summed E-state index contributed by atoms with van der Waals surface area (Å²) in [6.07, 6.45) is -5.74. The van der Waals surface area contributed by atoms with Crippen molar-refractivity contribution in [1.29, 1.82) is 0 Å². The average molecular weight is 269 g/mol. The molecule has 0 fully saturated rings. The normalized spacial score (nSPS) is 11.1. The van der Waals surface area contributed by atoms with Gasteiger partial charge >= 0.3 is 12.2 Å². The monoisotopic (exact) mass is 269 g/mol. The van der Waals surface area contributed by atoms with E-state index in [9.17, 15) is 34.8 Å². The van der Waals surface area contributed by atoms with E-state index in [2.05, 4.69) is 0 Å². The summed E-state index contributed by atoms with van der Waals surface area (Å²) in [4.78, 5) is 0. The molecule has 0 radical (unpaired) electrons. The Balaban J connectivity index is 4.46. The van der Waals surface area contributed by atoms with Crippen LogP contribution in [0.15, 0.2) is 23.1 Å². The summed E-state index contributed by atoms with van der Waals surface area (Å²) < 4.78 is 91.5. The van der Waals surface area contributed by atoms with Crippen LogP contribution in [0, 0.1) is 0 Å². The third-order valence-electron chi connectivity index (χ3n) is 1.20. The zero-order valence-corrected chi connectivity index (χ0v) is 8.22. The first-order chi connectivity index (χ1) is 7.18. The van der Waals surface area contributed by atoms with Gasteiger partial charge in [0.2, 0.25) is 9.84 Å². The Morgan fingerprint density at radius 1 is 0.938 bits per heavy atom. The highest BCUT2D eigenvalue weighted by Crippen LogP contribution is 2.16. The lowest BCUT2D eigenvalue weighted by Crippen LogP contribution is -2.25. The Bertz CT molecular complexity index is 407. The molecule has 94 valence electrons. The molecule has 0 aromatic heterocycles. The number of sulfone groups is 1. The third kappa shape index (κ3) is 4.66. The molecule has 0 saturated carbocycles. The maximum atomic E-state index is 12.2. The summed E-state index contributed by atoms with van der Waals surface area (Å²) in [5, 5.41) is -1.14. The van der Waals surface area contributed by atoms with Crippen LogP contribution in [-0.4, -0.2) is 20.8 Å². The lowest BCUT2D eigenvalue weighted by molar-refractivity contribution is 0.372.